The number of carboxylic acid groups (broad SMARTS) is 1. The molecule has 0 unspecified atom stereocenters. The second-order valence-corrected chi connectivity index (χ2v) is 5.89. The number of aliphatic carboxylic acids is 1. The predicted octanol–water partition coefficient (Wildman–Crippen LogP) is 3.43. The van der Waals surface area contributed by atoms with Crippen molar-refractivity contribution in [3.05, 3.63) is 35.4 Å². The van der Waals surface area contributed by atoms with Gasteiger partial charge in [0.15, 0.2) is 0 Å². The van der Waals surface area contributed by atoms with E-state index in [9.17, 15) is 18.7 Å². The summed E-state index contributed by atoms with van der Waals surface area (Å²) in [6.45, 7) is 3.73. The van der Waals surface area contributed by atoms with E-state index in [0.717, 1.165) is 12.5 Å². The maximum Gasteiger partial charge on any atom is 0.309 e. The highest BCUT2D eigenvalue weighted by atomic mass is 19.1. The van der Waals surface area contributed by atoms with E-state index < -0.39 is 23.0 Å². The molecule has 1 N–H and O–H groups in total. The largest absolute Gasteiger partial charge is 0.481 e. The first-order valence-corrected chi connectivity index (χ1v) is 7.36. The Hall–Kier alpha value is -1.49. The first-order chi connectivity index (χ1) is 9.95. The number of hydrogen-bond acceptors (Lipinski definition) is 2. The molecule has 2 rings (SSSR count). The highest BCUT2D eigenvalue weighted by molar-refractivity contribution is 5.74. The van der Waals surface area contributed by atoms with Crippen molar-refractivity contribution in [3.63, 3.8) is 0 Å². The van der Waals surface area contributed by atoms with Gasteiger partial charge in [-0.2, -0.15) is 0 Å². The smallest absolute Gasteiger partial charge is 0.309 e. The van der Waals surface area contributed by atoms with Crippen LogP contribution in [0.2, 0.25) is 0 Å². The number of likely N-dealkylation sites (tertiary alicyclic amines) is 1. The Kier molecular flexibility index (Phi) is 4.93. The van der Waals surface area contributed by atoms with Crippen molar-refractivity contribution in [2.45, 2.75) is 39.2 Å². The molecule has 0 amide bonds. The Balaban J connectivity index is 1.99. The van der Waals surface area contributed by atoms with Gasteiger partial charge < -0.3 is 5.11 Å². The van der Waals surface area contributed by atoms with Crippen molar-refractivity contribution < 1.29 is 18.7 Å². The highest BCUT2D eigenvalue weighted by Gasteiger charge is 2.40. The summed E-state index contributed by atoms with van der Waals surface area (Å²) in [5.74, 6) is -1.87. The van der Waals surface area contributed by atoms with Crippen molar-refractivity contribution in [2.24, 2.45) is 5.41 Å². The molecular formula is C16H21F2NO2. The second kappa shape index (κ2) is 6.52. The SMILES string of the molecule is CCCC1(C(=O)O)CCN(Cc2cc(F)cc(F)c2)CC1. The standard InChI is InChI=1S/C16H21F2NO2/c1-2-3-16(15(20)21)4-6-19(7-5-16)11-12-8-13(17)10-14(18)9-12/h8-10H,2-7,11H2,1H3,(H,20,21). The van der Waals surface area contributed by atoms with Crippen LogP contribution in [0.25, 0.3) is 0 Å². The first-order valence-electron chi connectivity index (χ1n) is 7.36. The third-order valence-electron chi connectivity index (χ3n) is 4.32. The highest BCUT2D eigenvalue weighted by Crippen LogP contribution is 2.36. The van der Waals surface area contributed by atoms with Gasteiger partial charge >= 0.3 is 5.97 Å². The summed E-state index contributed by atoms with van der Waals surface area (Å²) >= 11 is 0. The molecule has 1 aromatic carbocycles. The minimum atomic E-state index is -0.721. The maximum absolute atomic E-state index is 13.2. The molecule has 1 saturated heterocycles. The predicted molar refractivity (Wildman–Crippen MR) is 75.8 cm³/mol. The van der Waals surface area contributed by atoms with Crippen LogP contribution in [0.5, 0.6) is 0 Å². The summed E-state index contributed by atoms with van der Waals surface area (Å²) in [5.41, 5.74) is -0.0378. The van der Waals surface area contributed by atoms with Crippen LogP contribution in [0.1, 0.15) is 38.2 Å². The topological polar surface area (TPSA) is 40.5 Å². The number of piperidine rings is 1. The van der Waals surface area contributed by atoms with Crippen LogP contribution in [-0.2, 0) is 11.3 Å². The molecule has 1 aromatic rings. The summed E-state index contributed by atoms with van der Waals surface area (Å²) in [6, 6.07) is 3.51. The van der Waals surface area contributed by atoms with E-state index in [1.165, 1.54) is 12.1 Å². The molecule has 116 valence electrons. The van der Waals surface area contributed by atoms with Crippen LogP contribution in [-0.4, -0.2) is 29.1 Å². The van der Waals surface area contributed by atoms with Crippen LogP contribution in [0.3, 0.4) is 0 Å². The molecule has 0 atom stereocenters. The summed E-state index contributed by atoms with van der Waals surface area (Å²) in [6.07, 6.45) is 2.72. The van der Waals surface area contributed by atoms with Crippen LogP contribution in [0.15, 0.2) is 18.2 Å². The lowest BCUT2D eigenvalue weighted by Crippen LogP contribution is -2.44. The zero-order chi connectivity index (χ0) is 15.5. The van der Waals surface area contributed by atoms with E-state index in [4.69, 9.17) is 0 Å². The van der Waals surface area contributed by atoms with Gasteiger partial charge in [-0.1, -0.05) is 13.3 Å². The van der Waals surface area contributed by atoms with Crippen LogP contribution < -0.4 is 0 Å². The van der Waals surface area contributed by atoms with Crippen molar-refractivity contribution in [3.8, 4) is 0 Å². The number of hydrogen-bond donors (Lipinski definition) is 1. The van der Waals surface area contributed by atoms with Gasteiger partial charge in [-0.3, -0.25) is 9.69 Å². The first kappa shape index (κ1) is 15.9. The lowest BCUT2D eigenvalue weighted by molar-refractivity contribution is -0.152. The van der Waals surface area contributed by atoms with Gasteiger partial charge in [0.1, 0.15) is 11.6 Å². The number of nitrogens with zero attached hydrogens (tertiary/aromatic N) is 1. The monoisotopic (exact) mass is 297 g/mol. The van der Waals surface area contributed by atoms with E-state index in [-0.39, 0.29) is 0 Å². The molecule has 0 aliphatic carbocycles. The normalized spacial score (nSPS) is 18.6. The fourth-order valence-electron chi connectivity index (χ4n) is 3.15. The minimum absolute atomic E-state index is 0.455. The maximum atomic E-state index is 13.2. The third kappa shape index (κ3) is 3.79. The van der Waals surface area contributed by atoms with E-state index in [2.05, 4.69) is 4.90 Å². The number of rotatable bonds is 5. The molecule has 21 heavy (non-hydrogen) atoms. The number of benzene rings is 1. The fourth-order valence-corrected chi connectivity index (χ4v) is 3.15. The van der Waals surface area contributed by atoms with Crippen LogP contribution in [0.4, 0.5) is 8.78 Å². The molecule has 0 saturated carbocycles. The van der Waals surface area contributed by atoms with Gasteiger partial charge in [0.25, 0.3) is 0 Å². The van der Waals surface area contributed by atoms with Gasteiger partial charge in [-0.05, 0) is 50.0 Å². The van der Waals surface area contributed by atoms with Crippen molar-refractivity contribution >= 4 is 5.97 Å². The van der Waals surface area contributed by atoms with Gasteiger partial charge in [0.2, 0.25) is 0 Å². The lowest BCUT2D eigenvalue weighted by atomic mass is 9.75. The molecule has 1 heterocycles. The Bertz CT molecular complexity index is 491. The zero-order valence-electron chi connectivity index (χ0n) is 12.2. The van der Waals surface area contributed by atoms with Gasteiger partial charge in [-0.25, -0.2) is 8.78 Å². The van der Waals surface area contributed by atoms with E-state index >= 15 is 0 Å². The summed E-state index contributed by atoms with van der Waals surface area (Å²) in [5, 5.41) is 9.45. The molecule has 0 spiro atoms. The Labute approximate surface area is 123 Å². The van der Waals surface area contributed by atoms with Gasteiger partial charge in [-0.15, -0.1) is 0 Å². The fraction of sp³-hybridized carbons (Fsp3) is 0.562. The molecule has 1 aliphatic heterocycles. The van der Waals surface area contributed by atoms with Gasteiger partial charge in [0.05, 0.1) is 5.41 Å². The average molecular weight is 297 g/mol. The molecule has 5 heteroatoms. The van der Waals surface area contributed by atoms with Crippen molar-refractivity contribution in [1.29, 1.82) is 0 Å². The lowest BCUT2D eigenvalue weighted by Gasteiger charge is -2.38. The van der Waals surface area contributed by atoms with Crippen molar-refractivity contribution in [1.82, 2.24) is 4.90 Å². The van der Waals surface area contributed by atoms with Crippen LogP contribution in [0, 0.1) is 17.0 Å². The minimum Gasteiger partial charge on any atom is -0.481 e. The molecule has 1 aliphatic rings. The van der Waals surface area contributed by atoms with Crippen molar-refractivity contribution in [2.75, 3.05) is 13.1 Å². The van der Waals surface area contributed by atoms with E-state index in [0.29, 0.717) is 44.5 Å². The van der Waals surface area contributed by atoms with Gasteiger partial charge in [0, 0.05) is 12.6 Å². The molecule has 0 bridgehead atoms. The Morgan fingerprint density at radius 3 is 2.29 bits per heavy atom. The number of halogens is 2. The summed E-state index contributed by atoms with van der Waals surface area (Å²) < 4.78 is 26.4. The Morgan fingerprint density at radius 2 is 1.81 bits per heavy atom. The number of carboxylic acids is 1. The van der Waals surface area contributed by atoms with E-state index in [1.807, 2.05) is 6.92 Å². The molecule has 0 radical (unpaired) electrons. The third-order valence-corrected chi connectivity index (χ3v) is 4.32. The quantitative estimate of drug-likeness (QED) is 0.905. The summed E-state index contributed by atoms with van der Waals surface area (Å²) in [4.78, 5) is 13.6. The van der Waals surface area contributed by atoms with E-state index in [1.54, 1.807) is 0 Å². The Morgan fingerprint density at radius 1 is 1.24 bits per heavy atom. The summed E-state index contributed by atoms with van der Waals surface area (Å²) in [7, 11) is 0. The molecular weight excluding hydrogens is 276 g/mol. The molecule has 3 nitrogen and oxygen atoms in total. The van der Waals surface area contributed by atoms with Crippen LogP contribution >= 0.6 is 0 Å². The molecule has 0 aromatic heterocycles. The molecule has 1 fully saturated rings. The number of carbonyl (C=O) groups is 1. The second-order valence-electron chi connectivity index (χ2n) is 5.89. The zero-order valence-corrected chi connectivity index (χ0v) is 12.2. The average Bonchev–Trinajstić information content (AvgIpc) is 2.40.